The Morgan fingerprint density at radius 3 is 2.37 bits per heavy atom. The average Bonchev–Trinajstić information content (AvgIpc) is 2.36. The highest BCUT2D eigenvalue weighted by molar-refractivity contribution is 6.31. The van der Waals surface area contributed by atoms with Gasteiger partial charge >= 0.3 is 0 Å². The Morgan fingerprint density at radius 1 is 1.00 bits per heavy atom. The van der Waals surface area contributed by atoms with Gasteiger partial charge in [-0.05, 0) is 41.8 Å². The highest BCUT2D eigenvalue weighted by atomic mass is 35.5. The SMILES string of the molecule is NC(Cc1ccc(Cl)cc1F)c1ccc(F)c(Cl)c1. The summed E-state index contributed by atoms with van der Waals surface area (Å²) in [5.74, 6) is -0.911. The molecule has 0 heterocycles. The van der Waals surface area contributed by atoms with E-state index >= 15 is 0 Å². The monoisotopic (exact) mass is 301 g/mol. The van der Waals surface area contributed by atoms with Crippen LogP contribution in [0.1, 0.15) is 17.2 Å². The lowest BCUT2D eigenvalue weighted by atomic mass is 9.99. The van der Waals surface area contributed by atoms with Crippen LogP contribution in [0.5, 0.6) is 0 Å². The molecule has 2 aromatic carbocycles. The van der Waals surface area contributed by atoms with Gasteiger partial charge in [-0.15, -0.1) is 0 Å². The molecule has 0 bridgehead atoms. The van der Waals surface area contributed by atoms with Crippen molar-refractivity contribution in [1.29, 1.82) is 0 Å². The topological polar surface area (TPSA) is 26.0 Å². The van der Waals surface area contributed by atoms with E-state index in [1.807, 2.05) is 0 Å². The van der Waals surface area contributed by atoms with Crippen LogP contribution in [-0.4, -0.2) is 0 Å². The molecule has 19 heavy (non-hydrogen) atoms. The number of hydrogen-bond donors (Lipinski definition) is 1. The van der Waals surface area contributed by atoms with Gasteiger partial charge < -0.3 is 5.73 Å². The van der Waals surface area contributed by atoms with Gasteiger partial charge in [0.1, 0.15) is 11.6 Å². The first-order valence-electron chi connectivity index (χ1n) is 5.62. The summed E-state index contributed by atoms with van der Waals surface area (Å²) in [6, 6.07) is 8.20. The van der Waals surface area contributed by atoms with Crippen molar-refractivity contribution in [1.82, 2.24) is 0 Å². The van der Waals surface area contributed by atoms with Gasteiger partial charge in [-0.1, -0.05) is 35.3 Å². The molecule has 2 N–H and O–H groups in total. The smallest absolute Gasteiger partial charge is 0.141 e. The minimum absolute atomic E-state index is 0.00419. The van der Waals surface area contributed by atoms with Crippen LogP contribution in [0.4, 0.5) is 8.78 Å². The molecule has 2 aromatic rings. The zero-order valence-corrected chi connectivity index (χ0v) is 11.3. The van der Waals surface area contributed by atoms with Crippen LogP contribution in [-0.2, 0) is 6.42 Å². The molecule has 0 amide bonds. The van der Waals surface area contributed by atoms with Crippen molar-refractivity contribution in [2.75, 3.05) is 0 Å². The van der Waals surface area contributed by atoms with Crippen molar-refractivity contribution in [2.24, 2.45) is 5.73 Å². The largest absolute Gasteiger partial charge is 0.324 e. The third-order valence-corrected chi connectivity index (χ3v) is 3.35. The van der Waals surface area contributed by atoms with Gasteiger partial charge in [0, 0.05) is 11.1 Å². The lowest BCUT2D eigenvalue weighted by Crippen LogP contribution is -2.14. The minimum Gasteiger partial charge on any atom is -0.324 e. The van der Waals surface area contributed by atoms with Crippen LogP contribution < -0.4 is 5.73 Å². The fourth-order valence-corrected chi connectivity index (χ4v) is 2.13. The van der Waals surface area contributed by atoms with E-state index in [0.29, 0.717) is 16.1 Å². The van der Waals surface area contributed by atoms with E-state index in [-0.39, 0.29) is 11.4 Å². The molecule has 0 aliphatic heterocycles. The van der Waals surface area contributed by atoms with Gasteiger partial charge in [0.2, 0.25) is 0 Å². The second kappa shape index (κ2) is 5.87. The first kappa shape index (κ1) is 14.3. The van der Waals surface area contributed by atoms with Crippen LogP contribution in [0.25, 0.3) is 0 Å². The van der Waals surface area contributed by atoms with Gasteiger partial charge in [0.05, 0.1) is 5.02 Å². The molecule has 0 fully saturated rings. The van der Waals surface area contributed by atoms with E-state index in [9.17, 15) is 8.78 Å². The molecule has 0 radical (unpaired) electrons. The summed E-state index contributed by atoms with van der Waals surface area (Å²) in [4.78, 5) is 0. The molecule has 0 aliphatic rings. The fourth-order valence-electron chi connectivity index (χ4n) is 1.79. The molecular weight excluding hydrogens is 291 g/mol. The fraction of sp³-hybridized carbons (Fsp3) is 0.143. The van der Waals surface area contributed by atoms with Crippen LogP contribution in [0.3, 0.4) is 0 Å². The second-order valence-corrected chi connectivity index (χ2v) is 5.06. The Balaban J connectivity index is 2.20. The molecule has 1 nitrogen and oxygen atoms in total. The molecule has 0 saturated heterocycles. The van der Waals surface area contributed by atoms with Gasteiger partial charge in [0.15, 0.2) is 0 Å². The number of nitrogens with two attached hydrogens (primary N) is 1. The standard InChI is InChI=1S/C14H11Cl2F2N/c15-10-3-1-8(13(18)7-10)6-14(19)9-2-4-12(17)11(16)5-9/h1-5,7,14H,6,19H2. The van der Waals surface area contributed by atoms with Crippen LogP contribution in [0, 0.1) is 11.6 Å². The van der Waals surface area contributed by atoms with Crippen LogP contribution >= 0.6 is 23.2 Å². The molecule has 0 saturated carbocycles. The highest BCUT2D eigenvalue weighted by Gasteiger charge is 2.12. The number of benzene rings is 2. The van der Waals surface area contributed by atoms with Gasteiger partial charge in [-0.3, -0.25) is 0 Å². The Hall–Kier alpha value is -1.16. The molecule has 0 spiro atoms. The summed E-state index contributed by atoms with van der Waals surface area (Å²) >= 11 is 11.4. The molecule has 0 aromatic heterocycles. The zero-order chi connectivity index (χ0) is 14.0. The van der Waals surface area contributed by atoms with Crippen molar-refractivity contribution in [3.8, 4) is 0 Å². The third kappa shape index (κ3) is 3.44. The molecular formula is C14H11Cl2F2N. The Bertz CT molecular complexity index is 602. The van der Waals surface area contributed by atoms with Crippen molar-refractivity contribution in [2.45, 2.75) is 12.5 Å². The average molecular weight is 302 g/mol. The third-order valence-electron chi connectivity index (χ3n) is 2.83. The van der Waals surface area contributed by atoms with E-state index in [0.717, 1.165) is 0 Å². The van der Waals surface area contributed by atoms with E-state index in [2.05, 4.69) is 0 Å². The Morgan fingerprint density at radius 2 is 1.74 bits per heavy atom. The summed E-state index contributed by atoms with van der Waals surface area (Å²) in [6.45, 7) is 0. The predicted molar refractivity (Wildman–Crippen MR) is 73.5 cm³/mol. The Kier molecular flexibility index (Phi) is 4.40. The van der Waals surface area contributed by atoms with Crippen molar-refractivity contribution >= 4 is 23.2 Å². The maximum atomic E-state index is 13.6. The maximum absolute atomic E-state index is 13.6. The molecule has 0 aliphatic carbocycles. The van der Waals surface area contributed by atoms with Crippen LogP contribution in [0.2, 0.25) is 10.0 Å². The van der Waals surface area contributed by atoms with Gasteiger partial charge in [-0.25, -0.2) is 8.78 Å². The predicted octanol–water partition coefficient (Wildman–Crippen LogP) is 4.51. The lowest BCUT2D eigenvalue weighted by molar-refractivity contribution is 0.592. The highest BCUT2D eigenvalue weighted by Crippen LogP contribution is 2.24. The van der Waals surface area contributed by atoms with E-state index in [4.69, 9.17) is 28.9 Å². The number of halogens is 4. The van der Waals surface area contributed by atoms with E-state index in [1.165, 1.54) is 18.2 Å². The van der Waals surface area contributed by atoms with E-state index in [1.54, 1.807) is 18.2 Å². The molecule has 2 rings (SSSR count). The zero-order valence-electron chi connectivity index (χ0n) is 9.84. The van der Waals surface area contributed by atoms with Crippen molar-refractivity contribution < 1.29 is 8.78 Å². The summed E-state index contributed by atoms with van der Waals surface area (Å²) in [7, 11) is 0. The van der Waals surface area contributed by atoms with Crippen molar-refractivity contribution in [3.05, 3.63) is 69.2 Å². The summed E-state index contributed by atoms with van der Waals surface area (Å²) < 4.78 is 26.7. The van der Waals surface area contributed by atoms with Gasteiger partial charge in [-0.2, -0.15) is 0 Å². The van der Waals surface area contributed by atoms with Crippen molar-refractivity contribution in [3.63, 3.8) is 0 Å². The second-order valence-electron chi connectivity index (χ2n) is 4.22. The van der Waals surface area contributed by atoms with Crippen LogP contribution in [0.15, 0.2) is 36.4 Å². The van der Waals surface area contributed by atoms with E-state index < -0.39 is 17.7 Å². The quantitative estimate of drug-likeness (QED) is 0.886. The summed E-state index contributed by atoms with van der Waals surface area (Å²) in [5.41, 5.74) is 7.08. The number of rotatable bonds is 3. The molecule has 5 heteroatoms. The van der Waals surface area contributed by atoms with Gasteiger partial charge in [0.25, 0.3) is 0 Å². The molecule has 1 unspecified atom stereocenters. The summed E-state index contributed by atoms with van der Waals surface area (Å²) in [6.07, 6.45) is 0.283. The first-order valence-corrected chi connectivity index (χ1v) is 6.37. The minimum atomic E-state index is -0.504. The summed E-state index contributed by atoms with van der Waals surface area (Å²) in [5, 5.41) is 0.337. The number of hydrogen-bond acceptors (Lipinski definition) is 1. The molecule has 100 valence electrons. The maximum Gasteiger partial charge on any atom is 0.141 e. The first-order chi connectivity index (χ1) is 8.97. The molecule has 1 atom stereocenters. The lowest BCUT2D eigenvalue weighted by Gasteiger charge is -2.13. The normalized spacial score (nSPS) is 12.5. The Labute approximate surface area is 119 Å².